The van der Waals surface area contributed by atoms with Crippen LogP contribution in [0.3, 0.4) is 0 Å². The van der Waals surface area contributed by atoms with E-state index in [4.69, 9.17) is 9.47 Å². The van der Waals surface area contributed by atoms with Crippen LogP contribution in [-0.4, -0.2) is 4.57 Å². The molecule has 0 unspecified atom stereocenters. The highest BCUT2D eigenvalue weighted by molar-refractivity contribution is 5.87. The van der Waals surface area contributed by atoms with Gasteiger partial charge in [0, 0.05) is 51.8 Å². The summed E-state index contributed by atoms with van der Waals surface area (Å²) in [5.41, 5.74) is 9.94. The zero-order valence-electron chi connectivity index (χ0n) is 21.9. The van der Waals surface area contributed by atoms with Crippen molar-refractivity contribution >= 4 is 10.9 Å². The molecule has 0 amide bonds. The van der Waals surface area contributed by atoms with Gasteiger partial charge in [0.2, 0.25) is 0 Å². The summed E-state index contributed by atoms with van der Waals surface area (Å²) in [5, 5.41) is 1.28. The van der Waals surface area contributed by atoms with Gasteiger partial charge < -0.3 is 14.0 Å². The van der Waals surface area contributed by atoms with Crippen molar-refractivity contribution < 1.29 is 9.47 Å². The Kier molecular flexibility index (Phi) is 4.78. The van der Waals surface area contributed by atoms with Crippen LogP contribution < -0.4 is 9.47 Å². The number of fused-ring (bicyclic) bond motifs is 5. The Morgan fingerprint density at radius 2 is 0.974 bits per heavy atom. The number of para-hydroxylation sites is 4. The van der Waals surface area contributed by atoms with Crippen LogP contribution >= 0.6 is 0 Å². The summed E-state index contributed by atoms with van der Waals surface area (Å²) in [6.07, 6.45) is 0. The van der Waals surface area contributed by atoms with Crippen molar-refractivity contribution in [2.75, 3.05) is 0 Å². The first-order chi connectivity index (χ1) is 19.2. The van der Waals surface area contributed by atoms with E-state index in [2.05, 4.69) is 110 Å². The van der Waals surface area contributed by atoms with Crippen LogP contribution in [0.25, 0.3) is 10.9 Å². The molecule has 5 aromatic carbocycles. The van der Waals surface area contributed by atoms with E-state index < -0.39 is 0 Å². The van der Waals surface area contributed by atoms with Gasteiger partial charge in [-0.15, -0.1) is 0 Å². The normalized spacial score (nSPS) is 14.1. The maximum Gasteiger partial charge on any atom is 0.131 e. The molecule has 0 radical (unpaired) electrons. The first-order valence-electron chi connectivity index (χ1n) is 13.5. The maximum atomic E-state index is 6.33. The van der Waals surface area contributed by atoms with E-state index in [1.54, 1.807) is 0 Å². The highest BCUT2D eigenvalue weighted by atomic mass is 16.5. The van der Waals surface area contributed by atoms with Crippen LogP contribution in [0.15, 0.2) is 115 Å². The van der Waals surface area contributed by atoms with Gasteiger partial charge in [0.25, 0.3) is 0 Å². The van der Waals surface area contributed by atoms with Crippen molar-refractivity contribution in [3.63, 3.8) is 0 Å². The minimum atomic E-state index is 0.0940. The second-order valence-corrected chi connectivity index (χ2v) is 10.6. The fraction of sp³-hybridized carbons (Fsp3) is 0.111. The summed E-state index contributed by atoms with van der Waals surface area (Å²) < 4.78 is 15.0. The van der Waals surface area contributed by atoms with Crippen LogP contribution in [-0.2, 0) is 7.05 Å². The maximum absolute atomic E-state index is 6.33. The second-order valence-electron chi connectivity index (χ2n) is 10.6. The molecular formula is C36H27NO2. The molecule has 0 bridgehead atoms. The zero-order chi connectivity index (χ0) is 26.1. The molecule has 0 saturated heterocycles. The molecule has 3 nitrogen and oxygen atoms in total. The predicted molar refractivity (Wildman–Crippen MR) is 155 cm³/mol. The Hall–Kier alpha value is -4.76. The van der Waals surface area contributed by atoms with E-state index in [0.29, 0.717) is 0 Å². The molecule has 0 spiro atoms. The Morgan fingerprint density at radius 3 is 1.46 bits per heavy atom. The molecule has 2 aliphatic rings. The lowest BCUT2D eigenvalue weighted by Crippen LogP contribution is -2.15. The highest BCUT2D eigenvalue weighted by Gasteiger charge is 2.33. The van der Waals surface area contributed by atoms with Crippen LogP contribution in [0, 0.1) is 6.92 Å². The number of rotatable bonds is 2. The number of ether oxygens (including phenoxy) is 2. The Morgan fingerprint density at radius 1 is 0.538 bits per heavy atom. The zero-order valence-corrected chi connectivity index (χ0v) is 21.9. The van der Waals surface area contributed by atoms with E-state index >= 15 is 0 Å². The minimum Gasteiger partial charge on any atom is -0.457 e. The molecule has 0 aliphatic carbocycles. The van der Waals surface area contributed by atoms with E-state index in [-0.39, 0.29) is 11.8 Å². The molecule has 39 heavy (non-hydrogen) atoms. The van der Waals surface area contributed by atoms with Crippen LogP contribution in [0.4, 0.5) is 0 Å². The van der Waals surface area contributed by atoms with Gasteiger partial charge >= 0.3 is 0 Å². The summed E-state index contributed by atoms with van der Waals surface area (Å²) >= 11 is 0. The molecule has 0 fully saturated rings. The van der Waals surface area contributed by atoms with Crippen LogP contribution in [0.5, 0.6) is 23.0 Å². The molecule has 3 heteroatoms. The van der Waals surface area contributed by atoms with Gasteiger partial charge in [0.05, 0.1) is 5.92 Å². The largest absolute Gasteiger partial charge is 0.457 e. The van der Waals surface area contributed by atoms with Gasteiger partial charge in [-0.2, -0.15) is 0 Å². The molecule has 0 saturated carbocycles. The second kappa shape index (κ2) is 8.37. The van der Waals surface area contributed by atoms with Crippen molar-refractivity contribution in [2.24, 2.45) is 7.05 Å². The number of benzene rings is 5. The third-order valence-corrected chi connectivity index (χ3v) is 8.50. The number of aromatic nitrogens is 1. The highest BCUT2D eigenvalue weighted by Crippen LogP contribution is 2.50. The van der Waals surface area contributed by atoms with Gasteiger partial charge in [0.15, 0.2) is 0 Å². The Bertz CT molecular complexity index is 1820. The van der Waals surface area contributed by atoms with E-state index in [0.717, 1.165) is 23.0 Å². The summed E-state index contributed by atoms with van der Waals surface area (Å²) in [5.74, 6) is 3.93. The summed E-state index contributed by atoms with van der Waals surface area (Å²) in [6.45, 7) is 2.26. The minimum absolute atomic E-state index is 0.0940. The summed E-state index contributed by atoms with van der Waals surface area (Å²) in [4.78, 5) is 0. The average Bonchev–Trinajstić information content (AvgIpc) is 3.23. The van der Waals surface area contributed by atoms with Crippen LogP contribution in [0.1, 0.15) is 50.9 Å². The SMILES string of the molecule is Cc1c(C2c3ccccc3Oc3ccccc32)n(C)c2cc(C3c4ccccc4Oc4ccccc43)ccc12. The standard InChI is InChI=1S/C36H27NO2/c1-22-24-20-19-23(34-25-11-3-7-15-30(25)38-31-16-8-4-12-26(31)34)21-29(24)37(2)36(22)35-27-13-5-9-17-32(27)39-33-18-10-6-14-28(33)35/h3-21,34-35H,1-2H3. The monoisotopic (exact) mass is 505 g/mol. The molecule has 2 aliphatic heterocycles. The van der Waals surface area contributed by atoms with E-state index in [1.165, 1.54) is 50.0 Å². The van der Waals surface area contributed by atoms with Crippen molar-refractivity contribution in [1.29, 1.82) is 0 Å². The molecule has 188 valence electrons. The van der Waals surface area contributed by atoms with Crippen molar-refractivity contribution in [3.05, 3.63) is 154 Å². The van der Waals surface area contributed by atoms with Gasteiger partial charge in [-0.1, -0.05) is 84.9 Å². The van der Waals surface area contributed by atoms with Gasteiger partial charge in [-0.05, 0) is 48.4 Å². The van der Waals surface area contributed by atoms with E-state index in [9.17, 15) is 0 Å². The lowest BCUT2D eigenvalue weighted by molar-refractivity contribution is 0.450. The lowest BCUT2D eigenvalue weighted by Gasteiger charge is -2.29. The molecule has 3 heterocycles. The van der Waals surface area contributed by atoms with E-state index in [1.807, 2.05) is 24.3 Å². The summed E-state index contributed by atoms with van der Waals surface area (Å²) in [6, 6.07) is 40.7. The third-order valence-electron chi connectivity index (χ3n) is 8.50. The summed E-state index contributed by atoms with van der Waals surface area (Å²) in [7, 11) is 2.21. The molecule has 0 N–H and O–H groups in total. The smallest absolute Gasteiger partial charge is 0.131 e. The molecular weight excluding hydrogens is 478 g/mol. The lowest BCUT2D eigenvalue weighted by atomic mass is 9.82. The van der Waals surface area contributed by atoms with Crippen molar-refractivity contribution in [1.82, 2.24) is 4.57 Å². The average molecular weight is 506 g/mol. The molecule has 1 aromatic heterocycles. The fourth-order valence-corrected chi connectivity index (χ4v) is 6.73. The number of nitrogens with zero attached hydrogens (tertiary/aromatic N) is 1. The fourth-order valence-electron chi connectivity index (χ4n) is 6.73. The topological polar surface area (TPSA) is 23.4 Å². The molecule has 6 aromatic rings. The Balaban J connectivity index is 1.34. The Labute approximate surface area is 227 Å². The van der Waals surface area contributed by atoms with Crippen LogP contribution in [0.2, 0.25) is 0 Å². The predicted octanol–water partition coefficient (Wildman–Crippen LogP) is 9.06. The van der Waals surface area contributed by atoms with Crippen molar-refractivity contribution in [3.8, 4) is 23.0 Å². The number of aryl methyl sites for hydroxylation is 2. The first-order valence-corrected chi connectivity index (χ1v) is 13.5. The van der Waals surface area contributed by atoms with Gasteiger partial charge in [-0.3, -0.25) is 0 Å². The molecule has 8 rings (SSSR count). The first kappa shape index (κ1) is 22.2. The third kappa shape index (κ3) is 3.23. The van der Waals surface area contributed by atoms with Gasteiger partial charge in [-0.25, -0.2) is 0 Å². The number of hydrogen-bond donors (Lipinski definition) is 0. The van der Waals surface area contributed by atoms with Crippen molar-refractivity contribution in [2.45, 2.75) is 18.8 Å². The molecule has 0 atom stereocenters. The number of hydrogen-bond acceptors (Lipinski definition) is 2. The van der Waals surface area contributed by atoms with Gasteiger partial charge in [0.1, 0.15) is 23.0 Å². The quantitative estimate of drug-likeness (QED) is 0.234.